The van der Waals surface area contributed by atoms with Crippen molar-refractivity contribution in [2.24, 2.45) is 0 Å². The van der Waals surface area contributed by atoms with Gasteiger partial charge in [-0.3, -0.25) is 14.9 Å². The van der Waals surface area contributed by atoms with E-state index in [1.54, 1.807) is 6.07 Å². The van der Waals surface area contributed by atoms with Crippen LogP contribution >= 0.6 is 11.8 Å². The van der Waals surface area contributed by atoms with Crippen molar-refractivity contribution in [3.63, 3.8) is 0 Å². The van der Waals surface area contributed by atoms with Gasteiger partial charge in [-0.15, -0.1) is 0 Å². The van der Waals surface area contributed by atoms with Crippen LogP contribution in [-0.2, 0) is 0 Å². The molecule has 29 heavy (non-hydrogen) atoms. The number of nitrogens with one attached hydrogen (secondary N) is 1. The Morgan fingerprint density at radius 3 is 2.34 bits per heavy atom. The standard InChI is InChI=1S/C19H10FN5O3S/c20-11-2-4-12(5-3-11)29-16-6-1-10(7-15(16)25(27)28)17-13(8-21)18(23)24-19(26)14(17)9-22/h1-7H,(H3,23,24,26). The molecule has 10 heteroatoms. The lowest BCUT2D eigenvalue weighted by Gasteiger charge is -2.10. The van der Waals surface area contributed by atoms with Gasteiger partial charge in [0.2, 0.25) is 0 Å². The first kappa shape index (κ1) is 19.6. The first-order valence-electron chi connectivity index (χ1n) is 7.94. The molecular formula is C19H10FN5O3S. The highest BCUT2D eigenvalue weighted by Gasteiger charge is 2.22. The predicted octanol–water partition coefficient (Wildman–Crippen LogP) is 3.57. The van der Waals surface area contributed by atoms with Crippen LogP contribution < -0.4 is 11.3 Å². The van der Waals surface area contributed by atoms with Crippen molar-refractivity contribution in [2.75, 3.05) is 5.73 Å². The summed E-state index contributed by atoms with van der Waals surface area (Å²) in [7, 11) is 0. The molecule has 0 radical (unpaired) electrons. The molecule has 3 N–H and O–H groups in total. The van der Waals surface area contributed by atoms with Crippen molar-refractivity contribution >= 4 is 23.3 Å². The second-order valence-corrected chi connectivity index (χ2v) is 6.83. The highest BCUT2D eigenvalue weighted by molar-refractivity contribution is 7.99. The van der Waals surface area contributed by atoms with Crippen LogP contribution in [0.5, 0.6) is 0 Å². The Morgan fingerprint density at radius 2 is 1.76 bits per heavy atom. The van der Waals surface area contributed by atoms with Gasteiger partial charge in [0.1, 0.15) is 34.9 Å². The minimum Gasteiger partial charge on any atom is -0.384 e. The molecule has 0 saturated carbocycles. The zero-order valence-corrected chi connectivity index (χ0v) is 15.3. The summed E-state index contributed by atoms with van der Waals surface area (Å²) in [5, 5.41) is 30.3. The molecule has 8 nitrogen and oxygen atoms in total. The van der Waals surface area contributed by atoms with Crippen LogP contribution in [0.15, 0.2) is 57.1 Å². The SMILES string of the molecule is N#Cc1c(N)[nH]c(=O)c(C#N)c1-c1ccc(Sc2ccc(F)cc2)c([N+](=O)[O-])c1. The number of nitrogen functional groups attached to an aromatic ring is 1. The molecule has 0 amide bonds. The number of nitro groups is 1. The molecule has 0 saturated heterocycles. The molecule has 142 valence electrons. The number of nitriles is 2. The number of anilines is 1. The lowest BCUT2D eigenvalue weighted by Crippen LogP contribution is -2.16. The van der Waals surface area contributed by atoms with Crippen LogP contribution in [0.1, 0.15) is 11.1 Å². The van der Waals surface area contributed by atoms with Gasteiger partial charge < -0.3 is 10.7 Å². The van der Waals surface area contributed by atoms with Gasteiger partial charge >= 0.3 is 0 Å². The average Bonchev–Trinajstić information content (AvgIpc) is 2.69. The minimum absolute atomic E-state index is 0.0716. The maximum Gasteiger partial charge on any atom is 0.283 e. The van der Waals surface area contributed by atoms with Crippen LogP contribution in [0.4, 0.5) is 15.9 Å². The second kappa shape index (κ2) is 7.84. The maximum absolute atomic E-state index is 13.1. The molecule has 3 aromatic rings. The number of nitro benzene ring substituents is 1. The number of hydrogen-bond donors (Lipinski definition) is 2. The lowest BCUT2D eigenvalue weighted by molar-refractivity contribution is -0.387. The maximum atomic E-state index is 13.1. The van der Waals surface area contributed by atoms with E-state index in [1.165, 1.54) is 42.5 Å². The Hall–Kier alpha value is -4.15. The fourth-order valence-electron chi connectivity index (χ4n) is 2.66. The summed E-state index contributed by atoms with van der Waals surface area (Å²) >= 11 is 1.05. The van der Waals surface area contributed by atoms with Gasteiger partial charge in [-0.25, -0.2) is 4.39 Å². The highest BCUT2D eigenvalue weighted by Crippen LogP contribution is 2.38. The third-order valence-corrected chi connectivity index (χ3v) is 5.03. The number of pyridine rings is 1. The summed E-state index contributed by atoms with van der Waals surface area (Å²) in [6, 6.07) is 13.0. The van der Waals surface area contributed by atoms with Crippen molar-refractivity contribution in [1.82, 2.24) is 4.98 Å². The Balaban J connectivity index is 2.19. The molecule has 0 atom stereocenters. The average molecular weight is 407 g/mol. The number of benzene rings is 2. The molecule has 2 aromatic carbocycles. The number of H-pyrrole nitrogens is 1. The van der Waals surface area contributed by atoms with Crippen LogP contribution in [0, 0.1) is 38.6 Å². The van der Waals surface area contributed by atoms with E-state index < -0.39 is 16.3 Å². The highest BCUT2D eigenvalue weighted by atomic mass is 32.2. The first-order valence-corrected chi connectivity index (χ1v) is 8.75. The van der Waals surface area contributed by atoms with Crippen molar-refractivity contribution in [1.29, 1.82) is 10.5 Å². The summed E-state index contributed by atoms with van der Waals surface area (Å²) < 4.78 is 13.1. The first-order chi connectivity index (χ1) is 13.8. The van der Waals surface area contributed by atoms with Gasteiger partial charge in [-0.05, 0) is 35.9 Å². The van der Waals surface area contributed by atoms with Crippen molar-refractivity contribution in [3.05, 3.63) is 79.9 Å². The van der Waals surface area contributed by atoms with Gasteiger partial charge in [0.05, 0.1) is 9.82 Å². The number of nitrogens with zero attached hydrogens (tertiary/aromatic N) is 3. The Bertz CT molecular complexity index is 1270. The number of rotatable bonds is 4. The molecule has 0 unspecified atom stereocenters. The van der Waals surface area contributed by atoms with E-state index >= 15 is 0 Å². The fourth-order valence-corrected chi connectivity index (χ4v) is 3.56. The number of halogens is 1. The summed E-state index contributed by atoms with van der Waals surface area (Å²) in [5.74, 6) is -0.668. The molecule has 0 aliphatic carbocycles. The Labute approximate surface area is 167 Å². The molecule has 1 heterocycles. The number of aromatic nitrogens is 1. The van der Waals surface area contributed by atoms with Gasteiger partial charge in [0.25, 0.3) is 11.2 Å². The molecule has 0 aliphatic rings. The molecule has 0 spiro atoms. The third kappa shape index (κ3) is 3.78. The summed E-state index contributed by atoms with van der Waals surface area (Å²) in [6.45, 7) is 0. The number of hydrogen-bond acceptors (Lipinski definition) is 7. The van der Waals surface area contributed by atoms with Crippen molar-refractivity contribution in [2.45, 2.75) is 9.79 Å². The predicted molar refractivity (Wildman–Crippen MR) is 104 cm³/mol. The van der Waals surface area contributed by atoms with Crippen LogP contribution in [0.25, 0.3) is 11.1 Å². The van der Waals surface area contributed by atoms with Gasteiger partial charge in [0, 0.05) is 16.5 Å². The van der Waals surface area contributed by atoms with Crippen molar-refractivity contribution in [3.8, 4) is 23.3 Å². The molecule has 1 aromatic heterocycles. The monoisotopic (exact) mass is 407 g/mol. The minimum atomic E-state index is -0.800. The van der Waals surface area contributed by atoms with Crippen LogP contribution in [0.2, 0.25) is 0 Å². The molecule has 0 aliphatic heterocycles. The van der Waals surface area contributed by atoms with E-state index in [4.69, 9.17) is 5.73 Å². The fraction of sp³-hybridized carbons (Fsp3) is 0. The van der Waals surface area contributed by atoms with E-state index in [-0.39, 0.29) is 38.7 Å². The van der Waals surface area contributed by atoms with E-state index in [9.17, 15) is 29.8 Å². The van der Waals surface area contributed by atoms with Crippen LogP contribution in [-0.4, -0.2) is 9.91 Å². The quantitative estimate of drug-likeness (QED) is 0.496. The molecular weight excluding hydrogens is 397 g/mol. The molecule has 0 fully saturated rings. The number of nitrogens with two attached hydrogens (primary N) is 1. The van der Waals surface area contributed by atoms with Gasteiger partial charge in [-0.1, -0.05) is 17.8 Å². The smallest absolute Gasteiger partial charge is 0.283 e. The van der Waals surface area contributed by atoms with Crippen LogP contribution in [0.3, 0.4) is 0 Å². The number of aromatic amines is 1. The van der Waals surface area contributed by atoms with Gasteiger partial charge in [-0.2, -0.15) is 10.5 Å². The third-order valence-electron chi connectivity index (χ3n) is 3.95. The summed E-state index contributed by atoms with van der Waals surface area (Å²) in [5.41, 5.74) is 4.11. The topological polar surface area (TPSA) is 150 Å². The lowest BCUT2D eigenvalue weighted by atomic mass is 9.96. The second-order valence-electron chi connectivity index (χ2n) is 5.71. The van der Waals surface area contributed by atoms with E-state index in [0.717, 1.165) is 11.8 Å². The van der Waals surface area contributed by atoms with E-state index in [1.807, 2.05) is 6.07 Å². The van der Waals surface area contributed by atoms with E-state index in [2.05, 4.69) is 4.98 Å². The van der Waals surface area contributed by atoms with Crippen molar-refractivity contribution < 1.29 is 9.31 Å². The Kier molecular flexibility index (Phi) is 5.30. The zero-order valence-electron chi connectivity index (χ0n) is 14.5. The summed E-state index contributed by atoms with van der Waals surface area (Å²) in [6.07, 6.45) is 0. The molecule has 3 rings (SSSR count). The molecule has 0 bridgehead atoms. The summed E-state index contributed by atoms with van der Waals surface area (Å²) in [4.78, 5) is 26.1. The van der Waals surface area contributed by atoms with E-state index in [0.29, 0.717) is 4.90 Å². The normalized spacial score (nSPS) is 10.2. The largest absolute Gasteiger partial charge is 0.384 e. The van der Waals surface area contributed by atoms with Gasteiger partial charge in [0.15, 0.2) is 0 Å². The Morgan fingerprint density at radius 1 is 1.10 bits per heavy atom. The zero-order chi connectivity index (χ0) is 21.1.